The minimum absolute atomic E-state index is 0.270. The Bertz CT molecular complexity index is 577. The van der Waals surface area contributed by atoms with Gasteiger partial charge in [0.2, 0.25) is 5.28 Å². The normalized spacial score (nSPS) is 21.4. The molecular formula is C16H23ClN4O2. The van der Waals surface area contributed by atoms with Crippen LogP contribution in [0.4, 0.5) is 10.6 Å². The molecule has 0 aromatic carbocycles. The number of hydrogen-bond acceptors (Lipinski definition) is 4. The van der Waals surface area contributed by atoms with E-state index < -0.39 is 6.09 Å². The molecule has 2 heterocycles. The summed E-state index contributed by atoms with van der Waals surface area (Å²) in [5.41, 5.74) is 1.34. The summed E-state index contributed by atoms with van der Waals surface area (Å²) in [5.74, 6) is 0.826. The molecule has 126 valence electrons. The summed E-state index contributed by atoms with van der Waals surface area (Å²) in [6.07, 6.45) is 7.42. The summed E-state index contributed by atoms with van der Waals surface area (Å²) in [5, 5.41) is 12.8. The number of carbonyl (C=O) groups is 1. The van der Waals surface area contributed by atoms with Crippen LogP contribution in [-0.4, -0.2) is 45.2 Å². The summed E-state index contributed by atoms with van der Waals surface area (Å²) in [7, 11) is 0. The molecule has 0 atom stereocenters. The molecule has 2 N–H and O–H groups in total. The molecule has 1 saturated heterocycles. The molecule has 1 amide bonds. The van der Waals surface area contributed by atoms with Gasteiger partial charge in [0, 0.05) is 30.9 Å². The Morgan fingerprint density at radius 2 is 2.00 bits per heavy atom. The molecule has 23 heavy (non-hydrogen) atoms. The highest BCUT2D eigenvalue weighted by atomic mass is 35.5. The van der Waals surface area contributed by atoms with Gasteiger partial charge in [-0.05, 0) is 62.5 Å². The van der Waals surface area contributed by atoms with Gasteiger partial charge in [0.25, 0.3) is 0 Å². The van der Waals surface area contributed by atoms with Crippen LogP contribution in [0.1, 0.15) is 44.1 Å². The molecule has 0 bridgehead atoms. The van der Waals surface area contributed by atoms with Crippen molar-refractivity contribution in [3.8, 4) is 0 Å². The number of likely N-dealkylation sites (tertiary alicyclic amines) is 1. The first-order chi connectivity index (χ1) is 11.0. The van der Waals surface area contributed by atoms with Crippen LogP contribution in [0.25, 0.3) is 0 Å². The van der Waals surface area contributed by atoms with Crippen LogP contribution in [0.2, 0.25) is 5.28 Å². The summed E-state index contributed by atoms with van der Waals surface area (Å²) in [4.78, 5) is 20.8. The fourth-order valence-corrected chi connectivity index (χ4v) is 3.94. The van der Waals surface area contributed by atoms with Gasteiger partial charge in [0.1, 0.15) is 5.82 Å². The molecule has 2 aliphatic rings. The Hall–Kier alpha value is -1.56. The van der Waals surface area contributed by atoms with Gasteiger partial charge < -0.3 is 15.3 Å². The van der Waals surface area contributed by atoms with Gasteiger partial charge in [-0.3, -0.25) is 0 Å². The summed E-state index contributed by atoms with van der Waals surface area (Å²) < 4.78 is 0. The van der Waals surface area contributed by atoms with Gasteiger partial charge in [-0.1, -0.05) is 0 Å². The molecule has 1 aromatic rings. The number of nitrogens with zero attached hydrogens (tertiary/aromatic N) is 3. The highest BCUT2D eigenvalue weighted by Gasteiger charge is 2.39. The maximum atomic E-state index is 11.0. The van der Waals surface area contributed by atoms with Crippen molar-refractivity contribution in [2.24, 2.45) is 5.41 Å². The second kappa shape index (κ2) is 6.51. The molecule has 1 aromatic heterocycles. The first kappa shape index (κ1) is 16.3. The van der Waals surface area contributed by atoms with Gasteiger partial charge in [-0.25, -0.2) is 14.8 Å². The van der Waals surface area contributed by atoms with Crippen LogP contribution >= 0.6 is 11.6 Å². The molecule has 6 nitrogen and oxygen atoms in total. The number of rotatable bonds is 2. The lowest BCUT2D eigenvalue weighted by Gasteiger charge is -2.45. The summed E-state index contributed by atoms with van der Waals surface area (Å²) in [6, 6.07) is 0.405. The van der Waals surface area contributed by atoms with Crippen molar-refractivity contribution in [3.63, 3.8) is 0 Å². The van der Waals surface area contributed by atoms with E-state index in [2.05, 4.69) is 15.3 Å². The lowest BCUT2D eigenvalue weighted by atomic mass is 9.67. The molecule has 0 unspecified atom stereocenters. The topological polar surface area (TPSA) is 78.4 Å². The number of piperidine rings is 1. The van der Waals surface area contributed by atoms with Crippen LogP contribution in [0, 0.1) is 12.3 Å². The van der Waals surface area contributed by atoms with Crippen LogP contribution in [0.3, 0.4) is 0 Å². The first-order valence-electron chi connectivity index (χ1n) is 8.21. The minimum Gasteiger partial charge on any atom is -0.465 e. The van der Waals surface area contributed by atoms with Crippen LogP contribution in [0.5, 0.6) is 0 Å². The van der Waals surface area contributed by atoms with Crippen LogP contribution in [0.15, 0.2) is 6.20 Å². The maximum absolute atomic E-state index is 11.0. The van der Waals surface area contributed by atoms with E-state index in [0.29, 0.717) is 24.5 Å². The van der Waals surface area contributed by atoms with E-state index in [1.807, 2.05) is 6.92 Å². The Morgan fingerprint density at radius 1 is 1.35 bits per heavy atom. The smallest absolute Gasteiger partial charge is 0.407 e. The third-order valence-corrected chi connectivity index (χ3v) is 5.61. The number of carboxylic acid groups (broad SMARTS) is 1. The van der Waals surface area contributed by atoms with Gasteiger partial charge in [0.05, 0.1) is 0 Å². The second-order valence-corrected chi connectivity index (χ2v) is 7.20. The Kier molecular flexibility index (Phi) is 4.62. The van der Waals surface area contributed by atoms with Crippen LogP contribution in [-0.2, 0) is 0 Å². The third kappa shape index (κ3) is 3.68. The van der Waals surface area contributed by atoms with E-state index >= 15 is 0 Å². The molecular weight excluding hydrogens is 316 g/mol. The zero-order valence-corrected chi connectivity index (χ0v) is 14.1. The van der Waals surface area contributed by atoms with Crippen molar-refractivity contribution in [2.45, 2.75) is 51.5 Å². The van der Waals surface area contributed by atoms with Crippen molar-refractivity contribution in [2.75, 3.05) is 18.4 Å². The summed E-state index contributed by atoms with van der Waals surface area (Å²) >= 11 is 5.88. The largest absolute Gasteiger partial charge is 0.465 e. The zero-order valence-electron chi connectivity index (χ0n) is 13.4. The van der Waals surface area contributed by atoms with Gasteiger partial charge in [-0.15, -0.1) is 0 Å². The Morgan fingerprint density at radius 3 is 2.61 bits per heavy atom. The number of hydrogen-bond donors (Lipinski definition) is 2. The van der Waals surface area contributed by atoms with E-state index in [1.165, 1.54) is 0 Å². The van der Waals surface area contributed by atoms with Crippen molar-refractivity contribution >= 4 is 23.5 Å². The number of aryl methyl sites for hydroxylation is 1. The van der Waals surface area contributed by atoms with E-state index in [9.17, 15) is 4.79 Å². The Labute approximate surface area is 141 Å². The molecule has 1 aliphatic heterocycles. The number of anilines is 1. The molecule has 1 saturated carbocycles. The predicted octanol–water partition coefficient (Wildman–Crippen LogP) is 3.55. The third-order valence-electron chi connectivity index (χ3n) is 5.42. The summed E-state index contributed by atoms with van der Waals surface area (Å²) in [6.45, 7) is 3.33. The molecule has 2 fully saturated rings. The number of aromatic nitrogens is 2. The lowest BCUT2D eigenvalue weighted by Crippen LogP contribution is -2.45. The van der Waals surface area contributed by atoms with E-state index in [0.717, 1.165) is 49.9 Å². The number of halogens is 1. The second-order valence-electron chi connectivity index (χ2n) is 6.86. The quantitative estimate of drug-likeness (QED) is 0.806. The molecule has 7 heteroatoms. The monoisotopic (exact) mass is 338 g/mol. The average molecular weight is 339 g/mol. The minimum atomic E-state index is -0.786. The number of amides is 1. The fraction of sp³-hybridized carbons (Fsp3) is 0.688. The van der Waals surface area contributed by atoms with Gasteiger partial charge >= 0.3 is 6.09 Å². The van der Waals surface area contributed by atoms with E-state index in [4.69, 9.17) is 16.7 Å². The van der Waals surface area contributed by atoms with Crippen molar-refractivity contribution in [3.05, 3.63) is 17.0 Å². The average Bonchev–Trinajstić information content (AvgIpc) is 2.54. The fourth-order valence-electron chi connectivity index (χ4n) is 3.81. The SMILES string of the molecule is Cc1cnc(Cl)nc1NC1CCC2(CC1)CCN(C(=O)O)CC2. The zero-order chi connectivity index (χ0) is 16.4. The van der Waals surface area contributed by atoms with Gasteiger partial charge in [-0.2, -0.15) is 0 Å². The van der Waals surface area contributed by atoms with E-state index in [1.54, 1.807) is 11.1 Å². The van der Waals surface area contributed by atoms with Crippen LogP contribution < -0.4 is 5.32 Å². The lowest BCUT2D eigenvalue weighted by molar-refractivity contribution is 0.0620. The molecule has 1 aliphatic carbocycles. The molecule has 1 spiro atoms. The molecule has 0 radical (unpaired) electrons. The van der Waals surface area contributed by atoms with Crippen molar-refractivity contribution < 1.29 is 9.90 Å². The standard InChI is InChI=1S/C16H23ClN4O2/c1-11-10-18-14(17)20-13(11)19-12-2-4-16(5-3-12)6-8-21(9-7-16)15(22)23/h10,12H,2-9H2,1H3,(H,22,23)(H,18,19,20). The number of nitrogens with one attached hydrogen (secondary N) is 1. The van der Waals surface area contributed by atoms with Gasteiger partial charge in [0.15, 0.2) is 0 Å². The van der Waals surface area contributed by atoms with E-state index in [-0.39, 0.29) is 5.28 Å². The van der Waals surface area contributed by atoms with Crippen molar-refractivity contribution in [1.82, 2.24) is 14.9 Å². The highest BCUT2D eigenvalue weighted by Crippen LogP contribution is 2.45. The van der Waals surface area contributed by atoms with Crippen molar-refractivity contribution in [1.29, 1.82) is 0 Å². The first-order valence-corrected chi connectivity index (χ1v) is 8.59. The Balaban J connectivity index is 1.55. The highest BCUT2D eigenvalue weighted by molar-refractivity contribution is 6.28. The predicted molar refractivity (Wildman–Crippen MR) is 88.9 cm³/mol. The molecule has 3 rings (SSSR count). The maximum Gasteiger partial charge on any atom is 0.407 e.